The van der Waals surface area contributed by atoms with Crippen LogP contribution in [0.3, 0.4) is 0 Å². The van der Waals surface area contributed by atoms with Crippen molar-refractivity contribution in [3.8, 4) is 0 Å². The first kappa shape index (κ1) is 13.2. The lowest BCUT2D eigenvalue weighted by molar-refractivity contribution is 0.0688. The van der Waals surface area contributed by atoms with Gasteiger partial charge in [-0.05, 0) is 33.6 Å². The molecule has 2 rings (SSSR count). The summed E-state index contributed by atoms with van der Waals surface area (Å²) in [6.45, 7) is 0. The monoisotopic (exact) mass is 370 g/mol. The number of hydrogen-bond donors (Lipinski definition) is 1. The maximum absolute atomic E-state index is 10.9. The number of halogens is 2. The largest absolute Gasteiger partial charge is 0.476 e. The van der Waals surface area contributed by atoms with Crippen molar-refractivity contribution in [2.75, 3.05) is 0 Å². The number of aromatic carboxylic acids is 1. The van der Waals surface area contributed by atoms with Gasteiger partial charge in [0.05, 0.1) is 4.47 Å². The van der Waals surface area contributed by atoms with Crippen molar-refractivity contribution in [2.24, 2.45) is 0 Å². The van der Waals surface area contributed by atoms with Crippen molar-refractivity contribution in [1.82, 2.24) is 9.97 Å². The topological polar surface area (TPSA) is 63.1 Å². The smallest absolute Gasteiger partial charge is 0.355 e. The summed E-state index contributed by atoms with van der Waals surface area (Å²) in [6, 6.07) is 7.73. The van der Waals surface area contributed by atoms with Crippen LogP contribution in [0.1, 0.15) is 21.9 Å². The Hall–Kier alpha value is -1.27. The fourth-order valence-electron chi connectivity index (χ4n) is 1.42. The van der Waals surface area contributed by atoms with E-state index in [-0.39, 0.29) is 5.69 Å². The fraction of sp³-hybridized carbons (Fsp3) is 0.0833. The molecule has 0 fully saturated rings. The van der Waals surface area contributed by atoms with Crippen LogP contribution in [-0.4, -0.2) is 21.0 Å². The molecule has 0 aliphatic rings. The molecule has 0 aliphatic carbocycles. The van der Waals surface area contributed by atoms with Gasteiger partial charge >= 0.3 is 5.97 Å². The van der Waals surface area contributed by atoms with Gasteiger partial charge in [-0.15, -0.1) is 0 Å². The van der Waals surface area contributed by atoms with Gasteiger partial charge in [-0.2, -0.15) is 0 Å². The summed E-state index contributed by atoms with van der Waals surface area (Å²) in [6.07, 6.45) is 1.96. The Balaban J connectivity index is 2.27. The summed E-state index contributed by atoms with van der Waals surface area (Å²) in [4.78, 5) is 19.1. The zero-order valence-electron chi connectivity index (χ0n) is 9.10. The van der Waals surface area contributed by atoms with Crippen LogP contribution in [0.5, 0.6) is 0 Å². The van der Waals surface area contributed by atoms with E-state index in [9.17, 15) is 4.79 Å². The average Bonchev–Trinajstić information content (AvgIpc) is 2.34. The summed E-state index contributed by atoms with van der Waals surface area (Å²) >= 11 is 6.47. The summed E-state index contributed by atoms with van der Waals surface area (Å²) in [5.74, 6) is -0.584. The van der Waals surface area contributed by atoms with E-state index < -0.39 is 5.97 Å². The molecule has 92 valence electrons. The molecule has 1 N–H and O–H groups in total. The third-order valence-corrected chi connectivity index (χ3v) is 3.38. The van der Waals surface area contributed by atoms with Crippen LogP contribution in [0.2, 0.25) is 0 Å². The maximum atomic E-state index is 10.9. The molecular weight excluding hydrogens is 364 g/mol. The Bertz CT molecular complexity index is 585. The molecule has 0 aliphatic heterocycles. The van der Waals surface area contributed by atoms with Crippen molar-refractivity contribution in [3.05, 3.63) is 56.5 Å². The summed E-state index contributed by atoms with van der Waals surface area (Å²) in [7, 11) is 0. The van der Waals surface area contributed by atoms with E-state index >= 15 is 0 Å². The molecule has 0 saturated heterocycles. The van der Waals surface area contributed by atoms with Gasteiger partial charge in [0.1, 0.15) is 5.82 Å². The number of hydrogen-bond acceptors (Lipinski definition) is 3. The molecule has 6 heteroatoms. The highest BCUT2D eigenvalue weighted by Gasteiger charge is 2.12. The Kier molecular flexibility index (Phi) is 4.08. The highest BCUT2D eigenvalue weighted by molar-refractivity contribution is 9.10. The molecular formula is C12H8Br2N2O2. The zero-order valence-corrected chi connectivity index (χ0v) is 12.3. The number of carboxylic acids is 1. The Morgan fingerprint density at radius 1 is 1.22 bits per heavy atom. The number of carboxylic acid groups (broad SMARTS) is 1. The quantitative estimate of drug-likeness (QED) is 0.899. The van der Waals surface area contributed by atoms with Crippen molar-refractivity contribution >= 4 is 37.8 Å². The van der Waals surface area contributed by atoms with Crippen LogP contribution in [0, 0.1) is 0 Å². The molecule has 0 saturated carbocycles. The normalized spacial score (nSPS) is 10.3. The van der Waals surface area contributed by atoms with Gasteiger partial charge < -0.3 is 5.11 Å². The second-order valence-electron chi connectivity index (χ2n) is 3.59. The summed E-state index contributed by atoms with van der Waals surface area (Å²) in [5, 5.41) is 8.97. The second-order valence-corrected chi connectivity index (χ2v) is 5.36. The minimum Gasteiger partial charge on any atom is -0.476 e. The van der Waals surface area contributed by atoms with E-state index in [1.807, 2.05) is 24.3 Å². The minimum atomic E-state index is -1.07. The number of aromatic nitrogens is 2. The molecule has 0 amide bonds. The molecule has 0 unspecified atom stereocenters. The molecule has 0 spiro atoms. The lowest BCUT2D eigenvalue weighted by Gasteiger charge is -2.03. The lowest BCUT2D eigenvalue weighted by atomic mass is 10.1. The van der Waals surface area contributed by atoms with E-state index in [0.29, 0.717) is 16.7 Å². The van der Waals surface area contributed by atoms with Gasteiger partial charge in [0.25, 0.3) is 0 Å². The third-order valence-electron chi connectivity index (χ3n) is 2.27. The van der Waals surface area contributed by atoms with Gasteiger partial charge in [-0.1, -0.05) is 28.1 Å². The molecule has 0 radical (unpaired) electrons. The van der Waals surface area contributed by atoms with Crippen LogP contribution in [0.25, 0.3) is 0 Å². The molecule has 18 heavy (non-hydrogen) atoms. The predicted molar refractivity (Wildman–Crippen MR) is 73.6 cm³/mol. The Morgan fingerprint density at radius 2 is 1.89 bits per heavy atom. The van der Waals surface area contributed by atoms with Gasteiger partial charge in [0.2, 0.25) is 0 Å². The number of carbonyl (C=O) groups is 1. The molecule has 4 nitrogen and oxygen atoms in total. The molecule has 2 aromatic rings. The average molecular weight is 372 g/mol. The van der Waals surface area contributed by atoms with Crippen LogP contribution >= 0.6 is 31.9 Å². The van der Waals surface area contributed by atoms with E-state index in [4.69, 9.17) is 5.11 Å². The van der Waals surface area contributed by atoms with Crippen molar-refractivity contribution in [2.45, 2.75) is 6.42 Å². The predicted octanol–water partition coefficient (Wildman–Crippen LogP) is 3.29. The standard InChI is InChI=1S/C12H8Br2N2O2/c13-8-3-1-7(2-4-8)5-10-15-6-9(14)11(16-10)12(17)18/h1-4,6H,5H2,(H,17,18). The summed E-state index contributed by atoms with van der Waals surface area (Å²) in [5.41, 5.74) is 1.01. The first-order chi connectivity index (χ1) is 8.56. The molecule has 0 atom stereocenters. The van der Waals surface area contributed by atoms with Crippen molar-refractivity contribution < 1.29 is 9.90 Å². The van der Waals surface area contributed by atoms with E-state index in [0.717, 1.165) is 10.0 Å². The highest BCUT2D eigenvalue weighted by Crippen LogP contribution is 2.16. The lowest BCUT2D eigenvalue weighted by Crippen LogP contribution is -2.06. The second kappa shape index (κ2) is 5.58. The molecule has 0 bridgehead atoms. The highest BCUT2D eigenvalue weighted by atomic mass is 79.9. The first-order valence-corrected chi connectivity index (χ1v) is 6.64. The van der Waals surface area contributed by atoms with Gasteiger partial charge in [0, 0.05) is 17.1 Å². The van der Waals surface area contributed by atoms with E-state index in [1.54, 1.807) is 0 Å². The Labute approximate surface area is 120 Å². The van der Waals surface area contributed by atoms with E-state index in [2.05, 4.69) is 41.8 Å². The Morgan fingerprint density at radius 3 is 2.50 bits per heavy atom. The zero-order chi connectivity index (χ0) is 13.1. The van der Waals surface area contributed by atoms with Gasteiger partial charge in [-0.3, -0.25) is 0 Å². The van der Waals surface area contributed by atoms with Gasteiger partial charge in [-0.25, -0.2) is 14.8 Å². The van der Waals surface area contributed by atoms with Gasteiger partial charge in [0.15, 0.2) is 5.69 Å². The van der Waals surface area contributed by atoms with Crippen LogP contribution in [-0.2, 0) is 6.42 Å². The summed E-state index contributed by atoms with van der Waals surface area (Å²) < 4.78 is 1.38. The van der Waals surface area contributed by atoms with E-state index in [1.165, 1.54) is 6.20 Å². The third kappa shape index (κ3) is 3.14. The number of rotatable bonds is 3. The first-order valence-electron chi connectivity index (χ1n) is 5.05. The number of benzene rings is 1. The maximum Gasteiger partial charge on any atom is 0.355 e. The SMILES string of the molecule is O=C(O)c1nc(Cc2ccc(Br)cc2)ncc1Br. The molecule has 1 heterocycles. The van der Waals surface area contributed by atoms with Crippen molar-refractivity contribution in [1.29, 1.82) is 0 Å². The molecule has 1 aromatic heterocycles. The molecule has 1 aromatic carbocycles. The fourth-order valence-corrected chi connectivity index (χ4v) is 2.05. The van der Waals surface area contributed by atoms with Crippen LogP contribution < -0.4 is 0 Å². The van der Waals surface area contributed by atoms with Crippen LogP contribution in [0.4, 0.5) is 0 Å². The number of nitrogens with zero attached hydrogens (tertiary/aromatic N) is 2. The van der Waals surface area contributed by atoms with Crippen molar-refractivity contribution in [3.63, 3.8) is 0 Å². The minimum absolute atomic E-state index is 0.0166. The van der Waals surface area contributed by atoms with Crippen LogP contribution in [0.15, 0.2) is 39.4 Å².